The molecule has 0 N–H and O–H groups in total. The number of fused-ring (bicyclic) bond motifs is 6. The minimum atomic E-state index is 0.880. The number of hydrogen-bond donors (Lipinski definition) is 0. The van der Waals surface area contributed by atoms with Crippen LogP contribution in [0.2, 0.25) is 0 Å². The Bertz CT molecular complexity index is 632. The van der Waals surface area contributed by atoms with Crippen LogP contribution in [0.25, 0.3) is 0 Å². The van der Waals surface area contributed by atoms with Crippen molar-refractivity contribution in [2.45, 2.75) is 97.3 Å². The Morgan fingerprint density at radius 2 is 1.10 bits per heavy atom. The molecule has 0 nitrogen and oxygen atoms in total. The Morgan fingerprint density at radius 3 is 1.83 bits per heavy atom. The number of rotatable bonds is 0. The van der Waals surface area contributed by atoms with Gasteiger partial charge in [0.05, 0.1) is 0 Å². The van der Waals surface area contributed by atoms with E-state index in [-0.39, 0.29) is 0 Å². The molecule has 29 heavy (non-hydrogen) atoms. The summed E-state index contributed by atoms with van der Waals surface area (Å²) in [4.78, 5) is 0. The Kier molecular flexibility index (Phi) is 4.96. The summed E-state index contributed by atoms with van der Waals surface area (Å²) in [6.45, 7) is 10.4. The van der Waals surface area contributed by atoms with Gasteiger partial charge in [0.1, 0.15) is 0 Å². The summed E-state index contributed by atoms with van der Waals surface area (Å²) in [5, 5.41) is 0. The Balaban J connectivity index is 1.29. The van der Waals surface area contributed by atoms with E-state index in [4.69, 9.17) is 6.58 Å². The van der Waals surface area contributed by atoms with E-state index in [0.29, 0.717) is 0 Å². The van der Waals surface area contributed by atoms with Crippen molar-refractivity contribution in [3.8, 4) is 0 Å². The van der Waals surface area contributed by atoms with Crippen LogP contribution < -0.4 is 0 Å². The molecule has 6 aliphatic rings. The fourth-order valence-electron chi connectivity index (χ4n) is 11.1. The highest BCUT2D eigenvalue weighted by Gasteiger charge is 2.56. The highest BCUT2D eigenvalue weighted by Crippen LogP contribution is 2.64. The summed E-state index contributed by atoms with van der Waals surface area (Å²) in [5.41, 5.74) is 1.79. The average molecular weight is 395 g/mol. The molecule has 0 aromatic rings. The van der Waals surface area contributed by atoms with Crippen LogP contribution in [-0.4, -0.2) is 0 Å². The molecule has 6 saturated carbocycles. The second-order valence-corrected chi connectivity index (χ2v) is 12.9. The first kappa shape index (κ1) is 19.4. The first-order chi connectivity index (χ1) is 14.1. The van der Waals surface area contributed by atoms with Crippen LogP contribution in [0.4, 0.5) is 0 Å². The maximum atomic E-state index is 5.00. The van der Waals surface area contributed by atoms with E-state index in [2.05, 4.69) is 13.8 Å². The van der Waals surface area contributed by atoms with E-state index in [1.807, 2.05) is 0 Å². The Hall–Kier alpha value is -0.260. The summed E-state index contributed by atoms with van der Waals surface area (Å²) >= 11 is 0. The normalized spacial score (nSPS) is 57.0. The lowest BCUT2D eigenvalue weighted by Crippen LogP contribution is -2.53. The zero-order valence-corrected chi connectivity index (χ0v) is 19.3. The first-order valence-corrected chi connectivity index (χ1v) is 13.8. The van der Waals surface area contributed by atoms with Gasteiger partial charge >= 0.3 is 0 Å². The van der Waals surface area contributed by atoms with Gasteiger partial charge in [0.25, 0.3) is 0 Å². The van der Waals surface area contributed by atoms with Crippen molar-refractivity contribution in [2.75, 3.05) is 0 Å². The maximum Gasteiger partial charge on any atom is -0.0141 e. The summed E-state index contributed by atoms with van der Waals surface area (Å²) < 4.78 is 0. The number of allylic oxidation sites excluding steroid dienone is 1. The van der Waals surface area contributed by atoms with Gasteiger partial charge < -0.3 is 0 Å². The third-order valence-corrected chi connectivity index (χ3v) is 12.0. The van der Waals surface area contributed by atoms with Crippen molar-refractivity contribution in [1.82, 2.24) is 0 Å². The minimum Gasteiger partial charge on any atom is -0.0993 e. The van der Waals surface area contributed by atoms with Crippen LogP contribution in [0.1, 0.15) is 97.3 Å². The quantitative estimate of drug-likeness (QED) is 0.364. The van der Waals surface area contributed by atoms with Crippen molar-refractivity contribution < 1.29 is 0 Å². The lowest BCUT2D eigenvalue weighted by atomic mass is 9.44. The van der Waals surface area contributed by atoms with Crippen LogP contribution in [0.3, 0.4) is 0 Å². The summed E-state index contributed by atoms with van der Waals surface area (Å²) in [6.07, 6.45) is 20.1. The molecule has 162 valence electrons. The van der Waals surface area contributed by atoms with Gasteiger partial charge in [-0.25, -0.2) is 0 Å². The third-order valence-electron chi connectivity index (χ3n) is 12.0. The van der Waals surface area contributed by atoms with Gasteiger partial charge in [0.2, 0.25) is 0 Å². The van der Waals surface area contributed by atoms with Gasteiger partial charge in [-0.05, 0) is 116 Å². The fourth-order valence-corrected chi connectivity index (χ4v) is 11.1. The van der Waals surface area contributed by atoms with E-state index in [0.717, 1.165) is 71.0 Å². The predicted octanol–water partition coefficient (Wildman–Crippen LogP) is 8.13. The summed E-state index contributed by atoms with van der Waals surface area (Å²) in [7, 11) is 0. The van der Waals surface area contributed by atoms with Crippen molar-refractivity contribution in [1.29, 1.82) is 0 Å². The van der Waals surface area contributed by atoms with Crippen LogP contribution in [0, 0.1) is 71.0 Å². The van der Waals surface area contributed by atoms with Crippen LogP contribution in [0.15, 0.2) is 12.2 Å². The zero-order chi connectivity index (χ0) is 19.7. The molecule has 0 bridgehead atoms. The summed E-state index contributed by atoms with van der Waals surface area (Å²) in [6, 6.07) is 0. The molecule has 7 unspecified atom stereocenters. The smallest absolute Gasteiger partial charge is 0.0141 e. The third kappa shape index (κ3) is 2.96. The van der Waals surface area contributed by atoms with Gasteiger partial charge in [0.15, 0.2) is 0 Å². The van der Waals surface area contributed by atoms with Gasteiger partial charge in [-0.15, -0.1) is 0 Å². The van der Waals surface area contributed by atoms with E-state index in [1.54, 1.807) is 56.9 Å². The second-order valence-electron chi connectivity index (χ2n) is 12.9. The van der Waals surface area contributed by atoms with E-state index >= 15 is 0 Å². The topological polar surface area (TPSA) is 0 Å². The molecule has 0 heterocycles. The molecule has 6 aliphatic carbocycles. The molecule has 0 spiro atoms. The molecule has 0 saturated heterocycles. The first-order valence-electron chi connectivity index (χ1n) is 13.8. The fraction of sp³-hybridized carbons (Fsp3) is 0.931. The van der Waals surface area contributed by atoms with Crippen LogP contribution in [0.5, 0.6) is 0 Å². The minimum absolute atomic E-state index is 0.880. The van der Waals surface area contributed by atoms with E-state index in [9.17, 15) is 0 Å². The van der Waals surface area contributed by atoms with Crippen molar-refractivity contribution in [2.24, 2.45) is 71.0 Å². The van der Waals surface area contributed by atoms with Crippen molar-refractivity contribution in [3.63, 3.8) is 0 Å². The van der Waals surface area contributed by atoms with Crippen LogP contribution >= 0.6 is 0 Å². The van der Waals surface area contributed by atoms with E-state index in [1.165, 1.54) is 32.1 Å². The highest BCUT2D eigenvalue weighted by molar-refractivity contribution is 5.21. The molecule has 6 fully saturated rings. The molecule has 0 aromatic heterocycles. The molecule has 0 aliphatic heterocycles. The average Bonchev–Trinajstić information content (AvgIpc) is 2.74. The van der Waals surface area contributed by atoms with Crippen LogP contribution in [-0.2, 0) is 0 Å². The Labute approximate surface area is 180 Å². The van der Waals surface area contributed by atoms with Gasteiger partial charge in [-0.1, -0.05) is 64.5 Å². The van der Waals surface area contributed by atoms with Crippen molar-refractivity contribution >= 4 is 0 Å². The molecular weight excluding hydrogens is 348 g/mol. The standard InChI is InChI=1S/C29H46/c1-17-25-10-6-5-9-21(25)15-24-16-23-13-12-22-14-20-8-4-7-11-26(20)18(2)28(22)29(23)19(3)27(17)24/h17-18,20-29H,3-16H2,1-2H3/t17-,18?,20+,21-,22?,23?,24?,25+,26-,27?,28?,29?/m0/s1. The molecule has 12 atom stereocenters. The molecular formula is C29H46. The highest BCUT2D eigenvalue weighted by atomic mass is 14.6. The lowest BCUT2D eigenvalue weighted by molar-refractivity contribution is -0.0800. The Morgan fingerprint density at radius 1 is 0.552 bits per heavy atom. The van der Waals surface area contributed by atoms with Gasteiger partial charge in [-0.2, -0.15) is 0 Å². The summed E-state index contributed by atoms with van der Waals surface area (Å²) in [5.74, 6) is 11.9. The predicted molar refractivity (Wildman–Crippen MR) is 122 cm³/mol. The SMILES string of the molecule is C=C1C2C(CCC3C[C@H]4CCCC[C@H]4C(C)C32)CC2C[C@@H]3CCCC[C@@H]3[C@H](C)C12. The second kappa shape index (κ2) is 7.41. The molecule has 0 aromatic carbocycles. The van der Waals surface area contributed by atoms with E-state index < -0.39 is 0 Å². The molecule has 0 heteroatoms. The zero-order valence-electron chi connectivity index (χ0n) is 19.3. The van der Waals surface area contributed by atoms with Gasteiger partial charge in [0, 0.05) is 0 Å². The monoisotopic (exact) mass is 394 g/mol. The maximum absolute atomic E-state index is 5.00. The van der Waals surface area contributed by atoms with Crippen molar-refractivity contribution in [3.05, 3.63) is 12.2 Å². The molecule has 0 amide bonds. The van der Waals surface area contributed by atoms with Gasteiger partial charge in [-0.3, -0.25) is 0 Å². The molecule has 0 radical (unpaired) electrons. The lowest BCUT2D eigenvalue weighted by Gasteiger charge is -2.61. The number of hydrogen-bond acceptors (Lipinski definition) is 0. The largest absolute Gasteiger partial charge is 0.0993 e. The molecule has 6 rings (SSSR count).